The molecule has 1 unspecified atom stereocenters. The lowest BCUT2D eigenvalue weighted by atomic mass is 9.91. The first-order chi connectivity index (χ1) is 8.72. The minimum absolute atomic E-state index is 0.443. The van der Waals surface area contributed by atoms with E-state index in [1.54, 1.807) is 0 Å². The monoisotopic (exact) mass is 242 g/mol. The van der Waals surface area contributed by atoms with Crippen LogP contribution in [0.5, 0.6) is 0 Å². The van der Waals surface area contributed by atoms with Crippen LogP contribution in [0.4, 0.5) is 0 Å². The topological polar surface area (TPSA) is 29.3 Å². The van der Waals surface area contributed by atoms with Crippen LogP contribution in [0.2, 0.25) is 0 Å². The van der Waals surface area contributed by atoms with Gasteiger partial charge in [0.2, 0.25) is 0 Å². The van der Waals surface area contributed by atoms with Crippen LogP contribution in [-0.4, -0.2) is 32.1 Å². The molecule has 0 aliphatic carbocycles. The summed E-state index contributed by atoms with van der Waals surface area (Å²) in [6, 6.07) is 15.1. The van der Waals surface area contributed by atoms with Gasteiger partial charge in [0.05, 0.1) is 0 Å². The highest BCUT2D eigenvalue weighted by molar-refractivity contribution is 5.86. The quantitative estimate of drug-likeness (QED) is 0.873. The summed E-state index contributed by atoms with van der Waals surface area (Å²) in [6.45, 7) is 1.78. The lowest BCUT2D eigenvalue weighted by Gasteiger charge is -2.19. The van der Waals surface area contributed by atoms with E-state index in [4.69, 9.17) is 5.73 Å². The standard InChI is InChI=1S/C16H22N2/c1-18(2)11-10-14(12-17)16-9-5-7-13-6-3-4-8-15(13)16/h3-9,14H,10-12,17H2,1-2H3. The van der Waals surface area contributed by atoms with Crippen molar-refractivity contribution in [1.29, 1.82) is 0 Å². The van der Waals surface area contributed by atoms with E-state index in [0.29, 0.717) is 12.5 Å². The number of hydrogen-bond acceptors (Lipinski definition) is 2. The zero-order valence-electron chi connectivity index (χ0n) is 11.3. The molecule has 2 rings (SSSR count). The highest BCUT2D eigenvalue weighted by atomic mass is 15.0. The molecule has 2 nitrogen and oxygen atoms in total. The summed E-state index contributed by atoms with van der Waals surface area (Å²) >= 11 is 0. The SMILES string of the molecule is CN(C)CCC(CN)c1cccc2ccccc12. The summed E-state index contributed by atoms with van der Waals surface area (Å²) < 4.78 is 0. The smallest absolute Gasteiger partial charge is 0.000753 e. The molecule has 0 aliphatic heterocycles. The van der Waals surface area contributed by atoms with Crippen molar-refractivity contribution in [2.24, 2.45) is 5.73 Å². The second kappa shape index (κ2) is 5.98. The van der Waals surface area contributed by atoms with E-state index in [1.165, 1.54) is 16.3 Å². The molecule has 2 N–H and O–H groups in total. The molecule has 18 heavy (non-hydrogen) atoms. The predicted octanol–water partition coefficient (Wildman–Crippen LogP) is 2.83. The Hall–Kier alpha value is -1.38. The molecule has 0 radical (unpaired) electrons. The fourth-order valence-electron chi connectivity index (χ4n) is 2.42. The van der Waals surface area contributed by atoms with Crippen molar-refractivity contribution >= 4 is 10.8 Å². The molecule has 96 valence electrons. The Kier molecular flexibility index (Phi) is 4.34. The molecule has 0 amide bonds. The molecule has 0 saturated carbocycles. The van der Waals surface area contributed by atoms with Crippen molar-refractivity contribution in [3.63, 3.8) is 0 Å². The summed E-state index contributed by atoms with van der Waals surface area (Å²) in [7, 11) is 4.22. The number of nitrogens with zero attached hydrogens (tertiary/aromatic N) is 1. The van der Waals surface area contributed by atoms with Gasteiger partial charge in [-0.3, -0.25) is 0 Å². The first-order valence-electron chi connectivity index (χ1n) is 6.55. The van der Waals surface area contributed by atoms with E-state index in [2.05, 4.69) is 61.5 Å². The Bertz CT molecular complexity index is 500. The fraction of sp³-hybridized carbons (Fsp3) is 0.375. The summed E-state index contributed by atoms with van der Waals surface area (Å²) in [6.07, 6.45) is 1.11. The molecule has 2 heteroatoms. The Morgan fingerprint density at radius 2 is 1.78 bits per heavy atom. The Labute approximate surface area is 109 Å². The van der Waals surface area contributed by atoms with E-state index in [9.17, 15) is 0 Å². The zero-order valence-corrected chi connectivity index (χ0v) is 11.3. The number of nitrogens with two attached hydrogens (primary N) is 1. The van der Waals surface area contributed by atoms with Crippen LogP contribution < -0.4 is 5.73 Å². The third-order valence-electron chi connectivity index (χ3n) is 3.47. The summed E-state index contributed by atoms with van der Waals surface area (Å²) in [5.41, 5.74) is 7.35. The molecule has 0 fully saturated rings. The average molecular weight is 242 g/mol. The molecule has 0 bridgehead atoms. The molecule has 1 atom stereocenters. The van der Waals surface area contributed by atoms with Gasteiger partial charge in [-0.1, -0.05) is 42.5 Å². The van der Waals surface area contributed by atoms with Gasteiger partial charge in [0, 0.05) is 0 Å². The van der Waals surface area contributed by atoms with Gasteiger partial charge in [0.15, 0.2) is 0 Å². The minimum atomic E-state index is 0.443. The van der Waals surface area contributed by atoms with Gasteiger partial charge >= 0.3 is 0 Å². The minimum Gasteiger partial charge on any atom is -0.330 e. The summed E-state index contributed by atoms with van der Waals surface area (Å²) in [5.74, 6) is 0.443. The average Bonchev–Trinajstić information content (AvgIpc) is 2.39. The van der Waals surface area contributed by atoms with Gasteiger partial charge in [-0.25, -0.2) is 0 Å². The van der Waals surface area contributed by atoms with E-state index in [0.717, 1.165) is 13.0 Å². The van der Waals surface area contributed by atoms with Crippen molar-refractivity contribution in [2.45, 2.75) is 12.3 Å². The number of benzene rings is 2. The third kappa shape index (κ3) is 2.89. The van der Waals surface area contributed by atoms with Crippen molar-refractivity contribution < 1.29 is 0 Å². The van der Waals surface area contributed by atoms with Gasteiger partial charge in [0.1, 0.15) is 0 Å². The van der Waals surface area contributed by atoms with Crippen molar-refractivity contribution in [2.75, 3.05) is 27.2 Å². The highest BCUT2D eigenvalue weighted by Gasteiger charge is 2.12. The lowest BCUT2D eigenvalue weighted by molar-refractivity contribution is 0.382. The molecule has 0 saturated heterocycles. The van der Waals surface area contributed by atoms with Crippen molar-refractivity contribution in [1.82, 2.24) is 4.90 Å². The van der Waals surface area contributed by atoms with Crippen LogP contribution in [0.3, 0.4) is 0 Å². The molecule has 0 aliphatic rings. The maximum atomic E-state index is 5.96. The Morgan fingerprint density at radius 1 is 1.06 bits per heavy atom. The molecule has 2 aromatic carbocycles. The van der Waals surface area contributed by atoms with Gasteiger partial charge in [-0.2, -0.15) is 0 Å². The number of hydrogen-bond donors (Lipinski definition) is 1. The fourth-order valence-corrected chi connectivity index (χ4v) is 2.42. The van der Waals surface area contributed by atoms with E-state index in [-0.39, 0.29) is 0 Å². The first-order valence-corrected chi connectivity index (χ1v) is 6.55. The summed E-state index contributed by atoms with van der Waals surface area (Å²) in [5, 5.41) is 2.65. The second-order valence-electron chi connectivity index (χ2n) is 5.09. The van der Waals surface area contributed by atoms with Gasteiger partial charge in [0.25, 0.3) is 0 Å². The third-order valence-corrected chi connectivity index (χ3v) is 3.47. The number of rotatable bonds is 5. The molecular formula is C16H22N2. The molecule has 2 aromatic rings. The van der Waals surface area contributed by atoms with Gasteiger partial charge in [-0.05, 0) is 55.9 Å². The normalized spacial score (nSPS) is 13.1. The van der Waals surface area contributed by atoms with Crippen LogP contribution >= 0.6 is 0 Å². The van der Waals surface area contributed by atoms with Crippen LogP contribution in [0, 0.1) is 0 Å². The molecular weight excluding hydrogens is 220 g/mol. The van der Waals surface area contributed by atoms with E-state index in [1.807, 2.05) is 0 Å². The molecule has 0 heterocycles. The van der Waals surface area contributed by atoms with Gasteiger partial charge < -0.3 is 10.6 Å². The number of fused-ring (bicyclic) bond motifs is 1. The zero-order chi connectivity index (χ0) is 13.0. The lowest BCUT2D eigenvalue weighted by Crippen LogP contribution is -2.20. The Morgan fingerprint density at radius 3 is 2.50 bits per heavy atom. The van der Waals surface area contributed by atoms with Crippen LogP contribution in [0.25, 0.3) is 10.8 Å². The Balaban J connectivity index is 2.32. The largest absolute Gasteiger partial charge is 0.330 e. The predicted molar refractivity (Wildman–Crippen MR) is 78.9 cm³/mol. The van der Waals surface area contributed by atoms with Crippen LogP contribution in [0.15, 0.2) is 42.5 Å². The highest BCUT2D eigenvalue weighted by Crippen LogP contribution is 2.27. The van der Waals surface area contributed by atoms with Crippen molar-refractivity contribution in [3.8, 4) is 0 Å². The summed E-state index contributed by atoms with van der Waals surface area (Å²) in [4.78, 5) is 2.22. The molecule has 0 spiro atoms. The molecule has 0 aromatic heterocycles. The van der Waals surface area contributed by atoms with Gasteiger partial charge in [-0.15, -0.1) is 0 Å². The van der Waals surface area contributed by atoms with E-state index < -0.39 is 0 Å². The van der Waals surface area contributed by atoms with Crippen molar-refractivity contribution in [3.05, 3.63) is 48.0 Å². The maximum absolute atomic E-state index is 5.96. The van der Waals surface area contributed by atoms with Crippen LogP contribution in [0.1, 0.15) is 17.9 Å². The van der Waals surface area contributed by atoms with E-state index >= 15 is 0 Å². The first kappa shape index (κ1) is 13.1. The maximum Gasteiger partial charge on any atom is -0.000753 e. The van der Waals surface area contributed by atoms with Crippen LogP contribution in [-0.2, 0) is 0 Å². The second-order valence-corrected chi connectivity index (χ2v) is 5.09.